The van der Waals surface area contributed by atoms with Gasteiger partial charge in [0, 0.05) is 32.4 Å². The molecule has 1 saturated heterocycles. The predicted molar refractivity (Wildman–Crippen MR) is 123 cm³/mol. The molecule has 1 N–H and O–H groups in total. The van der Waals surface area contributed by atoms with E-state index in [0.29, 0.717) is 10.6 Å². The van der Waals surface area contributed by atoms with E-state index in [-0.39, 0.29) is 17.3 Å². The number of rotatable bonds is 6. The average molecular weight is 461 g/mol. The number of carbonyl (C=O) groups excluding carboxylic acids is 1. The number of ether oxygens (including phenoxy) is 1. The van der Waals surface area contributed by atoms with E-state index in [0.717, 1.165) is 42.3 Å². The fraction of sp³-hybridized carbons (Fsp3) is 0.333. The van der Waals surface area contributed by atoms with Gasteiger partial charge in [0.1, 0.15) is 5.75 Å². The van der Waals surface area contributed by atoms with Crippen molar-refractivity contribution in [1.29, 1.82) is 0 Å². The van der Waals surface area contributed by atoms with Crippen LogP contribution in [0.2, 0.25) is 0 Å². The fourth-order valence-electron chi connectivity index (χ4n) is 3.59. The quantitative estimate of drug-likeness (QED) is 0.604. The maximum atomic E-state index is 12.5. The molecule has 1 amide bonds. The number of benzene rings is 2. The van der Waals surface area contributed by atoms with Crippen molar-refractivity contribution in [3.8, 4) is 5.75 Å². The van der Waals surface area contributed by atoms with E-state index >= 15 is 0 Å². The molecule has 31 heavy (non-hydrogen) atoms. The Morgan fingerprint density at radius 2 is 1.90 bits per heavy atom. The van der Waals surface area contributed by atoms with Gasteiger partial charge in [-0.3, -0.25) is 9.69 Å². The number of nitrogens with one attached hydrogen (secondary N) is 1. The minimum absolute atomic E-state index is 0.131. The molecular formula is C21H24N4O4S2. The summed E-state index contributed by atoms with van der Waals surface area (Å²) in [5.74, 6) is 0.719. The minimum Gasteiger partial charge on any atom is -0.495 e. The molecule has 164 valence electrons. The third-order valence-electron chi connectivity index (χ3n) is 5.20. The molecule has 0 atom stereocenters. The summed E-state index contributed by atoms with van der Waals surface area (Å²) in [5, 5.41) is 3.31. The van der Waals surface area contributed by atoms with Crippen molar-refractivity contribution in [2.45, 2.75) is 4.90 Å². The molecule has 0 unspecified atom stereocenters. The summed E-state index contributed by atoms with van der Waals surface area (Å²) in [5.41, 5.74) is 1.73. The van der Waals surface area contributed by atoms with Gasteiger partial charge in [-0.25, -0.2) is 13.4 Å². The first-order valence-electron chi connectivity index (χ1n) is 9.84. The Kier molecular flexibility index (Phi) is 6.12. The van der Waals surface area contributed by atoms with Gasteiger partial charge >= 0.3 is 0 Å². The zero-order chi connectivity index (χ0) is 22.0. The molecule has 8 nitrogen and oxygen atoms in total. The summed E-state index contributed by atoms with van der Waals surface area (Å²) in [6, 6.07) is 12.7. The molecule has 1 fully saturated rings. The number of carbonyl (C=O) groups is 1. The summed E-state index contributed by atoms with van der Waals surface area (Å²) in [6.45, 7) is 3.43. The van der Waals surface area contributed by atoms with Crippen molar-refractivity contribution in [1.82, 2.24) is 9.88 Å². The van der Waals surface area contributed by atoms with Crippen LogP contribution in [-0.2, 0) is 14.6 Å². The number of thiazole rings is 1. The molecular weight excluding hydrogens is 436 g/mol. The molecule has 4 rings (SSSR count). The SMILES string of the molecule is COc1ccccc1N1CCN(CC(=O)Nc2nc3ccc(S(C)(=O)=O)cc3s2)CC1. The van der Waals surface area contributed by atoms with Gasteiger partial charge in [0.05, 0.1) is 34.5 Å². The highest BCUT2D eigenvalue weighted by Gasteiger charge is 2.21. The number of anilines is 2. The largest absolute Gasteiger partial charge is 0.495 e. The van der Waals surface area contributed by atoms with Crippen LogP contribution >= 0.6 is 11.3 Å². The van der Waals surface area contributed by atoms with Crippen LogP contribution < -0.4 is 15.0 Å². The van der Waals surface area contributed by atoms with E-state index in [4.69, 9.17) is 4.74 Å². The minimum atomic E-state index is -3.28. The summed E-state index contributed by atoms with van der Waals surface area (Å²) in [4.78, 5) is 21.5. The van der Waals surface area contributed by atoms with Crippen LogP contribution in [0.25, 0.3) is 10.2 Å². The zero-order valence-corrected chi connectivity index (χ0v) is 19.0. The van der Waals surface area contributed by atoms with E-state index in [1.54, 1.807) is 19.2 Å². The van der Waals surface area contributed by atoms with Crippen molar-refractivity contribution in [2.75, 3.05) is 56.3 Å². The summed E-state index contributed by atoms with van der Waals surface area (Å²) >= 11 is 1.27. The van der Waals surface area contributed by atoms with Crippen molar-refractivity contribution >= 4 is 48.1 Å². The molecule has 3 aromatic rings. The van der Waals surface area contributed by atoms with Crippen molar-refractivity contribution in [3.05, 3.63) is 42.5 Å². The number of aromatic nitrogens is 1. The Morgan fingerprint density at radius 1 is 1.16 bits per heavy atom. The monoisotopic (exact) mass is 460 g/mol. The third kappa shape index (κ3) is 4.97. The number of fused-ring (bicyclic) bond motifs is 1. The van der Waals surface area contributed by atoms with E-state index < -0.39 is 9.84 Å². The first-order chi connectivity index (χ1) is 14.8. The third-order valence-corrected chi connectivity index (χ3v) is 7.24. The molecule has 1 aliphatic rings. The highest BCUT2D eigenvalue weighted by molar-refractivity contribution is 7.90. The lowest BCUT2D eigenvalue weighted by molar-refractivity contribution is -0.117. The Bertz CT molecular complexity index is 1200. The second kappa shape index (κ2) is 8.81. The topological polar surface area (TPSA) is 91.8 Å². The number of hydrogen-bond donors (Lipinski definition) is 1. The van der Waals surface area contributed by atoms with Gasteiger partial charge in [-0.15, -0.1) is 0 Å². The van der Waals surface area contributed by atoms with Gasteiger partial charge in [0.2, 0.25) is 5.91 Å². The van der Waals surface area contributed by atoms with Crippen LogP contribution in [0.4, 0.5) is 10.8 Å². The number of hydrogen-bond acceptors (Lipinski definition) is 8. The molecule has 2 aromatic carbocycles. The van der Waals surface area contributed by atoms with Gasteiger partial charge in [0.15, 0.2) is 15.0 Å². The number of para-hydroxylation sites is 2. The van der Waals surface area contributed by atoms with Crippen LogP contribution in [0, 0.1) is 0 Å². The van der Waals surface area contributed by atoms with E-state index in [1.807, 2.05) is 24.3 Å². The number of methoxy groups -OCH3 is 1. The Hall–Kier alpha value is -2.69. The van der Waals surface area contributed by atoms with Gasteiger partial charge < -0.3 is 15.0 Å². The zero-order valence-electron chi connectivity index (χ0n) is 17.4. The van der Waals surface area contributed by atoms with Crippen LogP contribution in [0.5, 0.6) is 5.75 Å². The Balaban J connectivity index is 1.34. The second-order valence-corrected chi connectivity index (χ2v) is 10.5. The van der Waals surface area contributed by atoms with Gasteiger partial charge in [-0.1, -0.05) is 23.5 Å². The molecule has 0 bridgehead atoms. The summed E-state index contributed by atoms with van der Waals surface area (Å²) < 4.78 is 29.6. The molecule has 0 spiro atoms. The molecule has 0 aliphatic carbocycles. The smallest absolute Gasteiger partial charge is 0.240 e. The molecule has 0 saturated carbocycles. The van der Waals surface area contributed by atoms with Gasteiger partial charge in [0.25, 0.3) is 0 Å². The first kappa shape index (κ1) is 21.5. The first-order valence-corrected chi connectivity index (χ1v) is 12.5. The lowest BCUT2D eigenvalue weighted by Crippen LogP contribution is -2.48. The predicted octanol–water partition coefficient (Wildman–Crippen LogP) is 2.47. The molecule has 1 aromatic heterocycles. The Labute approximate surface area is 185 Å². The number of nitrogens with zero attached hydrogens (tertiary/aromatic N) is 3. The second-order valence-electron chi connectivity index (χ2n) is 7.40. The summed E-state index contributed by atoms with van der Waals surface area (Å²) in [6.07, 6.45) is 1.17. The lowest BCUT2D eigenvalue weighted by atomic mass is 10.2. The van der Waals surface area contributed by atoms with E-state index in [1.165, 1.54) is 23.7 Å². The number of sulfone groups is 1. The van der Waals surface area contributed by atoms with Crippen molar-refractivity contribution < 1.29 is 17.9 Å². The Morgan fingerprint density at radius 3 is 2.61 bits per heavy atom. The van der Waals surface area contributed by atoms with E-state index in [2.05, 4.69) is 20.1 Å². The van der Waals surface area contributed by atoms with E-state index in [9.17, 15) is 13.2 Å². The van der Waals surface area contributed by atoms with Crippen molar-refractivity contribution in [3.63, 3.8) is 0 Å². The van der Waals surface area contributed by atoms with Crippen molar-refractivity contribution in [2.24, 2.45) is 0 Å². The maximum Gasteiger partial charge on any atom is 0.240 e. The van der Waals surface area contributed by atoms with Crippen LogP contribution in [-0.4, -0.2) is 70.3 Å². The summed E-state index contributed by atoms with van der Waals surface area (Å²) in [7, 11) is -1.61. The maximum absolute atomic E-state index is 12.5. The van der Waals surface area contributed by atoms with Gasteiger partial charge in [-0.05, 0) is 30.3 Å². The highest BCUT2D eigenvalue weighted by Crippen LogP contribution is 2.29. The highest BCUT2D eigenvalue weighted by atomic mass is 32.2. The normalized spacial score (nSPS) is 15.2. The number of amides is 1. The van der Waals surface area contributed by atoms with Crippen LogP contribution in [0.15, 0.2) is 47.4 Å². The van der Waals surface area contributed by atoms with Gasteiger partial charge in [-0.2, -0.15) is 0 Å². The number of piperazine rings is 1. The molecule has 10 heteroatoms. The fourth-order valence-corrected chi connectivity index (χ4v) is 5.23. The standard InChI is InChI=1S/C21H24N4O4S2/c1-29-18-6-4-3-5-17(18)25-11-9-24(10-12-25)14-20(26)23-21-22-16-8-7-15(31(2,27)28)13-19(16)30-21/h3-8,13H,9-12,14H2,1-2H3,(H,22,23,26). The lowest BCUT2D eigenvalue weighted by Gasteiger charge is -2.36. The van der Waals surface area contributed by atoms with Crippen LogP contribution in [0.1, 0.15) is 0 Å². The van der Waals surface area contributed by atoms with Crippen LogP contribution in [0.3, 0.4) is 0 Å². The molecule has 1 aliphatic heterocycles. The molecule has 0 radical (unpaired) electrons. The average Bonchev–Trinajstić information content (AvgIpc) is 3.15. The molecule has 2 heterocycles.